The van der Waals surface area contributed by atoms with Gasteiger partial charge in [-0.05, 0) is 19.1 Å². The summed E-state index contributed by atoms with van der Waals surface area (Å²) in [6.45, 7) is 4.06. The topological polar surface area (TPSA) is 93.9 Å². The van der Waals surface area contributed by atoms with Gasteiger partial charge in [-0.25, -0.2) is 9.59 Å². The molecule has 1 saturated heterocycles. The molecule has 1 fully saturated rings. The Morgan fingerprint density at radius 2 is 2.29 bits per heavy atom. The first kappa shape index (κ1) is 15.0. The van der Waals surface area contributed by atoms with Crippen molar-refractivity contribution in [3.8, 4) is 5.75 Å². The molecule has 0 bridgehead atoms. The molecule has 0 radical (unpaired) electrons. The van der Waals surface area contributed by atoms with Crippen molar-refractivity contribution < 1.29 is 19.1 Å². The number of nitrogens with one attached hydrogen (secondary N) is 1. The molecule has 21 heavy (non-hydrogen) atoms. The number of urea groups is 1. The maximum atomic E-state index is 11.8. The van der Waals surface area contributed by atoms with Gasteiger partial charge in [-0.2, -0.15) is 0 Å². The fraction of sp³-hybridized carbons (Fsp3) is 0.429. The summed E-state index contributed by atoms with van der Waals surface area (Å²) in [4.78, 5) is 24.9. The summed E-state index contributed by atoms with van der Waals surface area (Å²) < 4.78 is 10.6. The van der Waals surface area contributed by atoms with Crippen LogP contribution in [0.25, 0.3) is 0 Å². The lowest BCUT2D eigenvalue weighted by atomic mass is 10.2. The summed E-state index contributed by atoms with van der Waals surface area (Å²) >= 11 is 0. The molecule has 1 heterocycles. The largest absolute Gasteiger partial charge is 0.491 e. The summed E-state index contributed by atoms with van der Waals surface area (Å²) in [5.74, 6) is -0.0838. The molecule has 114 valence electrons. The number of carbonyl (C=O) groups is 2. The highest BCUT2D eigenvalue weighted by Crippen LogP contribution is 2.23. The predicted octanol–water partition coefficient (Wildman–Crippen LogP) is 0.850. The summed E-state index contributed by atoms with van der Waals surface area (Å²) in [6, 6.07) is 4.67. The first-order valence-electron chi connectivity index (χ1n) is 6.84. The van der Waals surface area contributed by atoms with Crippen molar-refractivity contribution in [2.24, 2.45) is 0 Å². The number of nitrogen functional groups attached to an aromatic ring is 1. The van der Waals surface area contributed by atoms with Gasteiger partial charge in [-0.15, -0.1) is 0 Å². The van der Waals surface area contributed by atoms with E-state index < -0.39 is 5.97 Å². The minimum absolute atomic E-state index is 0.100. The van der Waals surface area contributed by atoms with Crippen molar-refractivity contribution in [2.75, 3.05) is 38.6 Å². The molecule has 1 aliphatic heterocycles. The number of ether oxygens (including phenoxy) is 2. The fourth-order valence-electron chi connectivity index (χ4n) is 2.03. The molecular formula is C14H19N3O4. The molecule has 3 N–H and O–H groups in total. The van der Waals surface area contributed by atoms with Gasteiger partial charge in [0.15, 0.2) is 0 Å². The third-order valence-electron chi connectivity index (χ3n) is 3.06. The number of rotatable bonds is 6. The average Bonchev–Trinajstić information content (AvgIpc) is 2.85. The van der Waals surface area contributed by atoms with Gasteiger partial charge in [0.25, 0.3) is 0 Å². The summed E-state index contributed by atoms with van der Waals surface area (Å²) in [5.41, 5.74) is 6.54. The maximum absolute atomic E-state index is 11.8. The van der Waals surface area contributed by atoms with Crippen LogP contribution in [0.3, 0.4) is 0 Å². The van der Waals surface area contributed by atoms with E-state index in [0.29, 0.717) is 36.6 Å². The number of nitrogens with two attached hydrogens (primary N) is 1. The van der Waals surface area contributed by atoms with E-state index in [1.54, 1.807) is 30.0 Å². The van der Waals surface area contributed by atoms with Crippen molar-refractivity contribution in [1.82, 2.24) is 10.2 Å². The van der Waals surface area contributed by atoms with E-state index in [2.05, 4.69) is 5.32 Å². The first-order chi connectivity index (χ1) is 10.1. The summed E-state index contributed by atoms with van der Waals surface area (Å²) in [7, 11) is 0. The molecule has 1 aromatic carbocycles. The monoisotopic (exact) mass is 293 g/mol. The van der Waals surface area contributed by atoms with Crippen LogP contribution in [0.4, 0.5) is 10.5 Å². The van der Waals surface area contributed by atoms with Crippen molar-refractivity contribution >= 4 is 17.7 Å². The molecule has 0 atom stereocenters. The highest BCUT2D eigenvalue weighted by Gasteiger charge is 2.19. The minimum atomic E-state index is -0.452. The molecule has 0 unspecified atom stereocenters. The maximum Gasteiger partial charge on any atom is 0.341 e. The standard InChI is InChI=1S/C14H19N3O4/c1-2-20-13(18)11-4-3-10(15)9-12(11)21-8-7-17-6-5-16-14(17)19/h3-4,9H,2,5-8,15H2,1H3,(H,16,19). The minimum Gasteiger partial charge on any atom is -0.491 e. The number of hydrogen-bond acceptors (Lipinski definition) is 5. The molecule has 1 aromatic rings. The van der Waals surface area contributed by atoms with Crippen molar-refractivity contribution in [1.29, 1.82) is 0 Å². The molecular weight excluding hydrogens is 274 g/mol. The molecule has 7 nitrogen and oxygen atoms in total. The summed E-state index contributed by atoms with van der Waals surface area (Å²) in [5, 5.41) is 2.71. The van der Waals surface area contributed by atoms with Gasteiger partial charge in [0, 0.05) is 24.8 Å². The zero-order valence-corrected chi connectivity index (χ0v) is 11.9. The number of nitrogens with zero attached hydrogens (tertiary/aromatic N) is 1. The molecule has 0 spiro atoms. The molecule has 0 aliphatic carbocycles. The van der Waals surface area contributed by atoms with Crippen LogP contribution in [0.2, 0.25) is 0 Å². The second-order valence-corrected chi connectivity index (χ2v) is 4.54. The highest BCUT2D eigenvalue weighted by atomic mass is 16.5. The van der Waals surface area contributed by atoms with E-state index in [1.165, 1.54) is 0 Å². The Morgan fingerprint density at radius 1 is 1.48 bits per heavy atom. The zero-order valence-electron chi connectivity index (χ0n) is 11.9. The normalized spacial score (nSPS) is 14.0. The molecule has 1 aliphatic rings. The van der Waals surface area contributed by atoms with Gasteiger partial charge in [-0.3, -0.25) is 0 Å². The van der Waals surface area contributed by atoms with E-state index in [1.807, 2.05) is 0 Å². The van der Waals surface area contributed by atoms with Crippen LogP contribution < -0.4 is 15.8 Å². The number of hydrogen-bond donors (Lipinski definition) is 2. The van der Waals surface area contributed by atoms with E-state index in [-0.39, 0.29) is 19.2 Å². The van der Waals surface area contributed by atoms with Gasteiger partial charge in [-0.1, -0.05) is 0 Å². The van der Waals surface area contributed by atoms with Crippen LogP contribution in [-0.4, -0.2) is 49.7 Å². The molecule has 2 rings (SSSR count). The number of carbonyl (C=O) groups excluding carboxylic acids is 2. The second-order valence-electron chi connectivity index (χ2n) is 4.54. The van der Waals surface area contributed by atoms with Gasteiger partial charge < -0.3 is 25.4 Å². The lowest BCUT2D eigenvalue weighted by Gasteiger charge is -2.16. The van der Waals surface area contributed by atoms with Gasteiger partial charge in [0.1, 0.15) is 17.9 Å². The Hall–Kier alpha value is -2.44. The third-order valence-corrected chi connectivity index (χ3v) is 3.06. The van der Waals surface area contributed by atoms with Crippen LogP contribution in [0, 0.1) is 0 Å². The second kappa shape index (κ2) is 6.83. The smallest absolute Gasteiger partial charge is 0.341 e. The van der Waals surface area contributed by atoms with Crippen LogP contribution in [0.1, 0.15) is 17.3 Å². The van der Waals surface area contributed by atoms with Gasteiger partial charge >= 0.3 is 12.0 Å². The van der Waals surface area contributed by atoms with Crippen LogP contribution in [0.15, 0.2) is 18.2 Å². The Labute approximate surface area is 123 Å². The van der Waals surface area contributed by atoms with Crippen LogP contribution in [0.5, 0.6) is 5.75 Å². The highest BCUT2D eigenvalue weighted by molar-refractivity contribution is 5.93. The van der Waals surface area contributed by atoms with Gasteiger partial charge in [0.05, 0.1) is 13.2 Å². The fourth-order valence-corrected chi connectivity index (χ4v) is 2.03. The number of anilines is 1. The van der Waals surface area contributed by atoms with Crippen LogP contribution in [-0.2, 0) is 4.74 Å². The zero-order chi connectivity index (χ0) is 15.2. The molecule has 0 aromatic heterocycles. The molecule has 0 saturated carbocycles. The first-order valence-corrected chi connectivity index (χ1v) is 6.84. The quantitative estimate of drug-likeness (QED) is 0.599. The van der Waals surface area contributed by atoms with Crippen LogP contribution >= 0.6 is 0 Å². The predicted molar refractivity (Wildman–Crippen MR) is 77.3 cm³/mol. The SMILES string of the molecule is CCOC(=O)c1ccc(N)cc1OCCN1CCNC1=O. The number of benzene rings is 1. The average molecular weight is 293 g/mol. The lowest BCUT2D eigenvalue weighted by molar-refractivity contribution is 0.0521. The van der Waals surface area contributed by atoms with E-state index >= 15 is 0 Å². The number of amides is 2. The van der Waals surface area contributed by atoms with Crippen molar-refractivity contribution in [2.45, 2.75) is 6.92 Å². The Bertz CT molecular complexity index is 533. The third kappa shape index (κ3) is 3.77. The van der Waals surface area contributed by atoms with E-state index in [9.17, 15) is 9.59 Å². The van der Waals surface area contributed by atoms with E-state index in [0.717, 1.165) is 0 Å². The summed E-state index contributed by atoms with van der Waals surface area (Å²) in [6.07, 6.45) is 0. The molecule has 2 amide bonds. The van der Waals surface area contributed by atoms with Gasteiger partial charge in [0.2, 0.25) is 0 Å². The van der Waals surface area contributed by atoms with E-state index in [4.69, 9.17) is 15.2 Å². The Balaban J connectivity index is 1.99. The lowest BCUT2D eigenvalue weighted by Crippen LogP contribution is -2.32. The van der Waals surface area contributed by atoms with Crippen molar-refractivity contribution in [3.05, 3.63) is 23.8 Å². The Morgan fingerprint density at radius 3 is 2.95 bits per heavy atom. The Kier molecular flexibility index (Phi) is 4.86. The van der Waals surface area contributed by atoms with Crippen molar-refractivity contribution in [3.63, 3.8) is 0 Å². The number of esters is 1. The molecule has 7 heteroatoms.